The molecule has 7 heteroatoms. The molecule has 0 spiro atoms. The van der Waals surface area contributed by atoms with Crippen molar-refractivity contribution in [1.29, 1.82) is 0 Å². The third-order valence-electron chi connectivity index (χ3n) is 5.33. The molecule has 0 saturated carbocycles. The standard InChI is InChI=1S/C22H35N3O3S/c1-4-6-8-10-11-12-14-23-19(26)18-16(3)17-20(29-18)24-22(28)25(21(17)27)15-13-9-7-5-2/h4-15H2,1-3H3,(H,23,26)(H,24,28). The zero-order valence-corrected chi connectivity index (χ0v) is 18.9. The van der Waals surface area contributed by atoms with E-state index in [2.05, 4.69) is 24.1 Å². The molecule has 0 aliphatic heterocycles. The third-order valence-corrected chi connectivity index (χ3v) is 6.53. The van der Waals surface area contributed by atoms with Crippen molar-refractivity contribution in [3.05, 3.63) is 31.3 Å². The quantitative estimate of drug-likeness (QED) is 0.459. The maximum absolute atomic E-state index is 12.9. The van der Waals surface area contributed by atoms with E-state index >= 15 is 0 Å². The van der Waals surface area contributed by atoms with Crippen molar-refractivity contribution in [2.24, 2.45) is 0 Å². The molecule has 2 rings (SSSR count). The van der Waals surface area contributed by atoms with Crippen LogP contribution in [0.3, 0.4) is 0 Å². The minimum absolute atomic E-state index is 0.160. The fraction of sp³-hybridized carbons (Fsp3) is 0.682. The van der Waals surface area contributed by atoms with Gasteiger partial charge >= 0.3 is 5.69 Å². The van der Waals surface area contributed by atoms with Gasteiger partial charge in [-0.2, -0.15) is 0 Å². The van der Waals surface area contributed by atoms with Gasteiger partial charge in [0.05, 0.1) is 10.3 Å². The second-order valence-corrected chi connectivity index (χ2v) is 8.75. The molecule has 0 saturated heterocycles. The number of unbranched alkanes of at least 4 members (excludes halogenated alkanes) is 8. The Labute approximate surface area is 176 Å². The van der Waals surface area contributed by atoms with Crippen LogP contribution in [0.1, 0.15) is 93.3 Å². The number of hydrogen-bond donors (Lipinski definition) is 2. The van der Waals surface area contributed by atoms with Gasteiger partial charge in [0.15, 0.2) is 0 Å². The van der Waals surface area contributed by atoms with Crippen LogP contribution in [0, 0.1) is 6.92 Å². The number of carbonyl (C=O) groups is 1. The van der Waals surface area contributed by atoms with Crippen molar-refractivity contribution >= 4 is 27.5 Å². The molecule has 29 heavy (non-hydrogen) atoms. The van der Waals surface area contributed by atoms with E-state index in [0.29, 0.717) is 33.7 Å². The molecule has 162 valence electrons. The topological polar surface area (TPSA) is 84.0 Å². The zero-order valence-electron chi connectivity index (χ0n) is 18.1. The van der Waals surface area contributed by atoms with Crippen molar-refractivity contribution in [2.75, 3.05) is 6.54 Å². The minimum atomic E-state index is -0.390. The number of rotatable bonds is 13. The number of aromatic amines is 1. The summed E-state index contributed by atoms with van der Waals surface area (Å²) in [6, 6.07) is 0. The molecule has 0 radical (unpaired) electrons. The van der Waals surface area contributed by atoms with Crippen molar-refractivity contribution in [3.8, 4) is 0 Å². The summed E-state index contributed by atoms with van der Waals surface area (Å²) in [6.07, 6.45) is 11.0. The molecule has 6 nitrogen and oxygen atoms in total. The summed E-state index contributed by atoms with van der Waals surface area (Å²) in [5.74, 6) is -0.160. The van der Waals surface area contributed by atoms with Gasteiger partial charge in [0.2, 0.25) is 0 Å². The van der Waals surface area contributed by atoms with Crippen LogP contribution >= 0.6 is 11.3 Å². The van der Waals surface area contributed by atoms with E-state index in [1.54, 1.807) is 6.92 Å². The van der Waals surface area contributed by atoms with Gasteiger partial charge in [0, 0.05) is 13.1 Å². The second kappa shape index (κ2) is 12.0. The van der Waals surface area contributed by atoms with Crippen LogP contribution in [-0.2, 0) is 6.54 Å². The molecule has 0 aliphatic carbocycles. The molecule has 0 fully saturated rings. The van der Waals surface area contributed by atoms with Crippen molar-refractivity contribution in [3.63, 3.8) is 0 Å². The fourth-order valence-corrected chi connectivity index (χ4v) is 4.66. The molecule has 0 bridgehead atoms. The van der Waals surface area contributed by atoms with E-state index in [1.807, 2.05) is 0 Å². The lowest BCUT2D eigenvalue weighted by atomic mass is 10.1. The number of amides is 1. The van der Waals surface area contributed by atoms with Crippen molar-refractivity contribution in [2.45, 2.75) is 91.5 Å². The highest BCUT2D eigenvalue weighted by Gasteiger charge is 2.20. The largest absolute Gasteiger partial charge is 0.351 e. The van der Waals surface area contributed by atoms with Crippen LogP contribution in [0.25, 0.3) is 10.2 Å². The van der Waals surface area contributed by atoms with E-state index in [9.17, 15) is 14.4 Å². The third kappa shape index (κ3) is 6.29. The van der Waals surface area contributed by atoms with Crippen LogP contribution in [0.2, 0.25) is 0 Å². The highest BCUT2D eigenvalue weighted by atomic mass is 32.1. The van der Waals surface area contributed by atoms with E-state index < -0.39 is 0 Å². The Bertz CT molecular complexity index is 910. The summed E-state index contributed by atoms with van der Waals surface area (Å²) in [5, 5.41) is 3.43. The highest BCUT2D eigenvalue weighted by molar-refractivity contribution is 7.20. The number of nitrogens with one attached hydrogen (secondary N) is 2. The smallest absolute Gasteiger partial charge is 0.329 e. The number of thiophene rings is 1. The highest BCUT2D eigenvalue weighted by Crippen LogP contribution is 2.26. The number of carbonyl (C=O) groups excluding carboxylic acids is 1. The molecule has 0 aliphatic rings. The Hall–Kier alpha value is -1.89. The van der Waals surface area contributed by atoms with E-state index in [4.69, 9.17) is 0 Å². The lowest BCUT2D eigenvalue weighted by Crippen LogP contribution is -2.34. The van der Waals surface area contributed by atoms with Gasteiger partial charge in [-0.05, 0) is 25.3 Å². The van der Waals surface area contributed by atoms with Gasteiger partial charge in [0.1, 0.15) is 4.83 Å². The van der Waals surface area contributed by atoms with Gasteiger partial charge in [0.25, 0.3) is 11.5 Å². The molecule has 2 aromatic rings. The van der Waals surface area contributed by atoms with Crippen LogP contribution < -0.4 is 16.6 Å². The van der Waals surface area contributed by atoms with Crippen LogP contribution in [0.5, 0.6) is 0 Å². The lowest BCUT2D eigenvalue weighted by molar-refractivity contribution is 0.0956. The van der Waals surface area contributed by atoms with Crippen LogP contribution in [0.4, 0.5) is 0 Å². The Morgan fingerprint density at radius 1 is 0.966 bits per heavy atom. The number of nitrogens with zero attached hydrogens (tertiary/aromatic N) is 1. The summed E-state index contributed by atoms with van der Waals surface area (Å²) in [5.41, 5.74) is -0.0164. The average molecular weight is 422 g/mol. The number of aryl methyl sites for hydroxylation is 1. The number of hydrogen-bond acceptors (Lipinski definition) is 4. The lowest BCUT2D eigenvalue weighted by Gasteiger charge is -2.05. The Balaban J connectivity index is 2.06. The molecule has 0 atom stereocenters. The van der Waals surface area contributed by atoms with Gasteiger partial charge in [-0.3, -0.25) is 19.1 Å². The van der Waals surface area contributed by atoms with Gasteiger partial charge in [-0.15, -0.1) is 11.3 Å². The Morgan fingerprint density at radius 2 is 1.59 bits per heavy atom. The molecule has 0 unspecified atom stereocenters. The summed E-state index contributed by atoms with van der Waals surface area (Å²) in [7, 11) is 0. The SMILES string of the molecule is CCCCCCCCNC(=O)c1sc2[nH]c(=O)n(CCCCCC)c(=O)c2c1C. The molecule has 2 N–H and O–H groups in total. The summed E-state index contributed by atoms with van der Waals surface area (Å²) in [4.78, 5) is 41.6. The number of fused-ring (bicyclic) bond motifs is 1. The molecule has 0 aromatic carbocycles. The van der Waals surface area contributed by atoms with E-state index in [1.165, 1.54) is 41.6 Å². The van der Waals surface area contributed by atoms with Crippen LogP contribution in [-0.4, -0.2) is 22.0 Å². The molecule has 2 aromatic heterocycles. The summed E-state index contributed by atoms with van der Waals surface area (Å²) >= 11 is 1.19. The Morgan fingerprint density at radius 3 is 2.28 bits per heavy atom. The van der Waals surface area contributed by atoms with E-state index in [0.717, 1.165) is 38.5 Å². The number of aromatic nitrogens is 2. The minimum Gasteiger partial charge on any atom is -0.351 e. The first kappa shape index (κ1) is 23.4. The second-order valence-electron chi connectivity index (χ2n) is 7.73. The van der Waals surface area contributed by atoms with Gasteiger partial charge in [-0.1, -0.05) is 65.2 Å². The van der Waals surface area contributed by atoms with Crippen molar-refractivity contribution in [1.82, 2.24) is 14.9 Å². The zero-order chi connectivity index (χ0) is 21.2. The predicted octanol–water partition coefficient (Wildman–Crippen LogP) is 4.73. The first-order valence-corrected chi connectivity index (χ1v) is 11.9. The summed E-state index contributed by atoms with van der Waals surface area (Å²) in [6.45, 7) is 7.16. The predicted molar refractivity (Wildman–Crippen MR) is 121 cm³/mol. The maximum atomic E-state index is 12.9. The van der Waals surface area contributed by atoms with Crippen LogP contribution in [0.15, 0.2) is 9.59 Å². The normalized spacial score (nSPS) is 11.3. The fourth-order valence-electron chi connectivity index (χ4n) is 3.55. The molecular formula is C22H35N3O3S. The monoisotopic (exact) mass is 421 g/mol. The first-order valence-electron chi connectivity index (χ1n) is 11.1. The molecule has 1 amide bonds. The Kier molecular flexibility index (Phi) is 9.64. The van der Waals surface area contributed by atoms with Crippen molar-refractivity contribution < 1.29 is 4.79 Å². The molecule has 2 heterocycles. The average Bonchev–Trinajstić information content (AvgIpc) is 3.02. The van der Waals surface area contributed by atoms with Gasteiger partial charge < -0.3 is 5.32 Å². The number of H-pyrrole nitrogens is 1. The molecular weight excluding hydrogens is 386 g/mol. The van der Waals surface area contributed by atoms with Gasteiger partial charge in [-0.25, -0.2) is 4.79 Å². The van der Waals surface area contributed by atoms with E-state index in [-0.39, 0.29) is 17.2 Å². The maximum Gasteiger partial charge on any atom is 0.329 e. The summed E-state index contributed by atoms with van der Waals surface area (Å²) < 4.78 is 1.27. The first-order chi connectivity index (χ1) is 14.0.